The Morgan fingerprint density at radius 1 is 0.362 bits per heavy atom. The van der Waals surface area contributed by atoms with Crippen LogP contribution in [0.2, 0.25) is 0 Å². The minimum atomic E-state index is -0.138. The van der Waals surface area contributed by atoms with Crippen LogP contribution in [0.15, 0.2) is 211 Å². The number of hydrogen-bond donors (Lipinski definition) is 0. The molecule has 0 saturated carbocycles. The molecule has 0 fully saturated rings. The molecule has 4 nitrogen and oxygen atoms in total. The molecule has 0 N–H and O–H groups in total. The van der Waals surface area contributed by atoms with Crippen LogP contribution in [0.5, 0.6) is 11.5 Å². The van der Waals surface area contributed by atoms with E-state index in [9.17, 15) is 0 Å². The van der Waals surface area contributed by atoms with Gasteiger partial charge in [0.2, 0.25) is 0 Å². The first-order valence-corrected chi connectivity index (χ1v) is 23.9. The second kappa shape index (κ2) is 14.7. The first-order valence-electron chi connectivity index (χ1n) is 23.9. The number of benzene rings is 11. The standard InChI is InChI=1S/C65H46N2O2/c1-39-26-29-47-51(32-39)52-37-55-49-31-28-44(66(41-16-7-5-8-17-41)58-24-15-22-50-48-21-12-14-25-60(48)69-64(50)58)36-61(49)68-62-34-40(2)33-54(63(55)62)53(52)38-59(47)67(42-18-9-6-10-19-42)43-27-30-46-45-20-11-13-23-56(45)65(3,4)57(46)35-43/h5-38H,1-4H3. The number of rotatable bonds is 6. The molecule has 69 heavy (non-hydrogen) atoms. The lowest BCUT2D eigenvalue weighted by Crippen LogP contribution is -2.16. The first-order chi connectivity index (χ1) is 33.8. The minimum absolute atomic E-state index is 0.138. The summed E-state index contributed by atoms with van der Waals surface area (Å²) in [6.07, 6.45) is 0. The van der Waals surface area contributed by atoms with Gasteiger partial charge in [-0.3, -0.25) is 0 Å². The molecular formula is C65H46N2O2. The van der Waals surface area contributed by atoms with Crippen molar-refractivity contribution in [3.63, 3.8) is 0 Å². The minimum Gasteiger partial charge on any atom is -0.456 e. The summed E-state index contributed by atoms with van der Waals surface area (Å²) in [5.74, 6) is 1.68. The van der Waals surface area contributed by atoms with Crippen molar-refractivity contribution in [2.45, 2.75) is 33.1 Å². The summed E-state index contributed by atoms with van der Waals surface area (Å²) in [6, 6.07) is 75.1. The van der Waals surface area contributed by atoms with Gasteiger partial charge >= 0.3 is 0 Å². The molecule has 11 aromatic carbocycles. The van der Waals surface area contributed by atoms with E-state index in [2.05, 4.69) is 232 Å². The fraction of sp³-hybridized carbons (Fsp3) is 0.0769. The van der Waals surface area contributed by atoms with Crippen molar-refractivity contribution in [2.75, 3.05) is 9.80 Å². The molecule has 0 atom stereocenters. The highest BCUT2D eigenvalue weighted by Crippen LogP contribution is 2.55. The molecule has 0 unspecified atom stereocenters. The van der Waals surface area contributed by atoms with E-state index in [0.717, 1.165) is 84.1 Å². The summed E-state index contributed by atoms with van der Waals surface area (Å²) in [6.45, 7) is 9.11. The van der Waals surface area contributed by atoms with Crippen LogP contribution in [-0.4, -0.2) is 0 Å². The number of hydrogen-bond acceptors (Lipinski definition) is 4. The van der Waals surface area contributed by atoms with Crippen molar-refractivity contribution in [1.29, 1.82) is 0 Å². The van der Waals surface area contributed by atoms with Crippen molar-refractivity contribution >= 4 is 88.4 Å². The second-order valence-electron chi connectivity index (χ2n) is 19.4. The SMILES string of the molecule is Cc1ccc2c(N(c3ccccc3)c3ccc4c(c3)C(C)(C)c3ccccc3-4)cc3c4cc(C)cc5c4c(cc3c2c1)-c1ccc(N(c2ccccc2)c2cccc3c2oc2ccccc23)cc1O5. The highest BCUT2D eigenvalue weighted by molar-refractivity contribution is 6.26. The van der Waals surface area contributed by atoms with Gasteiger partial charge in [-0.05, 0) is 148 Å². The monoisotopic (exact) mass is 886 g/mol. The summed E-state index contributed by atoms with van der Waals surface area (Å²) in [4.78, 5) is 4.75. The van der Waals surface area contributed by atoms with Crippen LogP contribution < -0.4 is 14.5 Å². The molecule has 0 bridgehead atoms. The molecular weight excluding hydrogens is 841 g/mol. The van der Waals surface area contributed by atoms with E-state index < -0.39 is 0 Å². The molecule has 1 aliphatic heterocycles. The zero-order valence-corrected chi connectivity index (χ0v) is 38.8. The van der Waals surface area contributed by atoms with Crippen LogP contribution in [0.1, 0.15) is 36.1 Å². The molecule has 1 aromatic heterocycles. The van der Waals surface area contributed by atoms with E-state index in [1.165, 1.54) is 60.3 Å². The van der Waals surface area contributed by atoms with Crippen LogP contribution in [-0.2, 0) is 5.41 Å². The number of aryl methyl sites for hydroxylation is 2. The maximum absolute atomic E-state index is 7.13. The van der Waals surface area contributed by atoms with Gasteiger partial charge in [-0.1, -0.05) is 141 Å². The Labute approximate surface area is 400 Å². The van der Waals surface area contributed by atoms with Gasteiger partial charge in [0.1, 0.15) is 17.1 Å². The average Bonchev–Trinajstić information content (AvgIpc) is 3.87. The smallest absolute Gasteiger partial charge is 0.159 e. The van der Waals surface area contributed by atoms with Crippen molar-refractivity contribution in [3.05, 3.63) is 229 Å². The second-order valence-corrected chi connectivity index (χ2v) is 19.4. The Hall–Kier alpha value is -8.60. The maximum atomic E-state index is 7.13. The third kappa shape index (κ3) is 5.88. The van der Waals surface area contributed by atoms with E-state index in [1.807, 2.05) is 12.1 Å². The van der Waals surface area contributed by atoms with Gasteiger partial charge < -0.3 is 19.0 Å². The first kappa shape index (κ1) is 39.6. The third-order valence-electron chi connectivity index (χ3n) is 14.9. The molecule has 0 spiro atoms. The largest absolute Gasteiger partial charge is 0.456 e. The fourth-order valence-corrected chi connectivity index (χ4v) is 11.7. The van der Waals surface area contributed by atoms with Crippen LogP contribution in [0.25, 0.3) is 76.5 Å². The zero-order chi connectivity index (χ0) is 46.1. The van der Waals surface area contributed by atoms with Gasteiger partial charge in [0, 0.05) is 55.7 Å². The van der Waals surface area contributed by atoms with Gasteiger partial charge in [0.15, 0.2) is 5.58 Å². The lowest BCUT2D eigenvalue weighted by atomic mass is 9.82. The normalized spacial score (nSPS) is 13.2. The number of anilines is 6. The Kier molecular flexibility index (Phi) is 8.43. The Morgan fingerprint density at radius 2 is 1.00 bits per heavy atom. The van der Waals surface area contributed by atoms with E-state index in [-0.39, 0.29) is 5.41 Å². The average molecular weight is 887 g/mol. The lowest BCUT2D eigenvalue weighted by Gasteiger charge is -2.30. The number of ether oxygens (including phenoxy) is 1. The van der Waals surface area contributed by atoms with E-state index in [1.54, 1.807) is 0 Å². The van der Waals surface area contributed by atoms with Crippen molar-refractivity contribution in [3.8, 4) is 33.8 Å². The van der Waals surface area contributed by atoms with Crippen molar-refractivity contribution in [2.24, 2.45) is 0 Å². The van der Waals surface area contributed by atoms with Crippen LogP contribution in [0.4, 0.5) is 34.1 Å². The highest BCUT2D eigenvalue weighted by atomic mass is 16.5. The number of furan rings is 1. The topological polar surface area (TPSA) is 28.9 Å². The Bertz CT molecular complexity index is 4110. The summed E-state index contributed by atoms with van der Waals surface area (Å²) >= 11 is 0. The van der Waals surface area contributed by atoms with Gasteiger partial charge in [-0.25, -0.2) is 0 Å². The molecule has 0 radical (unpaired) electrons. The van der Waals surface area contributed by atoms with E-state index in [4.69, 9.17) is 9.15 Å². The molecule has 0 saturated heterocycles. The van der Waals surface area contributed by atoms with Crippen LogP contribution in [0, 0.1) is 13.8 Å². The highest BCUT2D eigenvalue weighted by Gasteiger charge is 2.36. The molecule has 328 valence electrons. The molecule has 12 aromatic rings. The van der Waals surface area contributed by atoms with Gasteiger partial charge in [-0.15, -0.1) is 0 Å². The maximum Gasteiger partial charge on any atom is 0.159 e. The number of para-hydroxylation sites is 4. The molecule has 4 heteroatoms. The predicted molar refractivity (Wildman–Crippen MR) is 288 cm³/mol. The van der Waals surface area contributed by atoms with Gasteiger partial charge in [0.05, 0.1) is 17.1 Å². The number of fused-ring (bicyclic) bond motifs is 12. The van der Waals surface area contributed by atoms with Crippen molar-refractivity contribution < 1.29 is 9.15 Å². The molecule has 14 rings (SSSR count). The Morgan fingerprint density at radius 3 is 1.81 bits per heavy atom. The fourth-order valence-electron chi connectivity index (χ4n) is 11.7. The number of nitrogens with zero attached hydrogens (tertiary/aromatic N) is 2. The van der Waals surface area contributed by atoms with Crippen molar-refractivity contribution in [1.82, 2.24) is 0 Å². The van der Waals surface area contributed by atoms with Crippen LogP contribution in [0.3, 0.4) is 0 Å². The lowest BCUT2D eigenvalue weighted by molar-refractivity contribution is 0.487. The summed E-state index contributed by atoms with van der Waals surface area (Å²) in [5, 5.41) is 9.32. The molecule has 0 amide bonds. The molecule has 2 heterocycles. The van der Waals surface area contributed by atoms with E-state index in [0.29, 0.717) is 0 Å². The Balaban J connectivity index is 0.981. The quantitative estimate of drug-likeness (QED) is 0.156. The zero-order valence-electron chi connectivity index (χ0n) is 38.8. The summed E-state index contributed by atoms with van der Waals surface area (Å²) in [5.41, 5.74) is 17.9. The van der Waals surface area contributed by atoms with E-state index >= 15 is 0 Å². The summed E-state index contributed by atoms with van der Waals surface area (Å²) in [7, 11) is 0. The third-order valence-corrected chi connectivity index (χ3v) is 14.9. The molecule has 2 aliphatic rings. The van der Waals surface area contributed by atoms with Gasteiger partial charge in [-0.2, -0.15) is 0 Å². The molecule has 1 aliphatic carbocycles. The summed E-state index contributed by atoms with van der Waals surface area (Å²) < 4.78 is 13.8. The van der Waals surface area contributed by atoms with Crippen LogP contribution >= 0.6 is 0 Å². The van der Waals surface area contributed by atoms with Gasteiger partial charge in [0.25, 0.3) is 0 Å². The predicted octanol–water partition coefficient (Wildman–Crippen LogP) is 18.7.